The Morgan fingerprint density at radius 3 is 2.48 bits per heavy atom. The van der Waals surface area contributed by atoms with Gasteiger partial charge < -0.3 is 15.2 Å². The number of hydrogen-bond acceptors (Lipinski definition) is 4. The molecule has 0 aliphatic rings. The molecule has 21 heavy (non-hydrogen) atoms. The van der Waals surface area contributed by atoms with E-state index in [1.165, 1.54) is 13.0 Å². The fourth-order valence-electron chi connectivity index (χ4n) is 1.68. The van der Waals surface area contributed by atoms with Crippen LogP contribution in [0.5, 0.6) is 5.75 Å². The maximum absolute atomic E-state index is 11.7. The molecule has 1 atom stereocenters. The van der Waals surface area contributed by atoms with Gasteiger partial charge in [-0.3, -0.25) is 9.59 Å². The first kappa shape index (κ1) is 16.7. The normalized spacial score (nSPS) is 11.8. The first-order valence-corrected chi connectivity index (χ1v) is 6.57. The highest BCUT2D eigenvalue weighted by atomic mass is 16.5. The summed E-state index contributed by atoms with van der Waals surface area (Å²) in [6.07, 6.45) is 0. The van der Waals surface area contributed by atoms with Crippen LogP contribution in [-0.4, -0.2) is 35.4 Å². The van der Waals surface area contributed by atoms with Gasteiger partial charge >= 0.3 is 5.97 Å². The number of ether oxygens (including phenoxy) is 1. The van der Waals surface area contributed by atoms with Crippen LogP contribution in [-0.2, 0) is 9.59 Å². The van der Waals surface area contributed by atoms with Crippen LogP contribution < -0.4 is 10.1 Å². The zero-order valence-electron chi connectivity index (χ0n) is 12.3. The number of carboxylic acid groups (broad SMARTS) is 1. The van der Waals surface area contributed by atoms with E-state index in [0.717, 1.165) is 0 Å². The summed E-state index contributed by atoms with van der Waals surface area (Å²) >= 11 is 0. The largest absolute Gasteiger partial charge is 0.484 e. The third kappa shape index (κ3) is 5.25. The summed E-state index contributed by atoms with van der Waals surface area (Å²) in [7, 11) is 0. The smallest absolute Gasteiger partial charge is 0.326 e. The lowest BCUT2D eigenvalue weighted by Gasteiger charge is -2.18. The first-order chi connectivity index (χ1) is 9.81. The molecule has 0 saturated heterocycles. The zero-order chi connectivity index (χ0) is 16.0. The van der Waals surface area contributed by atoms with Gasteiger partial charge in [0.05, 0.1) is 0 Å². The predicted molar refractivity (Wildman–Crippen MR) is 76.3 cm³/mol. The molecule has 6 nitrogen and oxygen atoms in total. The number of ketones is 1. The van der Waals surface area contributed by atoms with Gasteiger partial charge in [-0.2, -0.15) is 0 Å². The average Bonchev–Trinajstić information content (AvgIpc) is 2.42. The third-order valence-corrected chi connectivity index (χ3v) is 2.86. The molecular weight excluding hydrogens is 274 g/mol. The minimum Gasteiger partial charge on any atom is -0.484 e. The molecule has 1 rings (SSSR count). The Bertz CT molecular complexity index is 539. The van der Waals surface area contributed by atoms with Crippen LogP contribution in [0.25, 0.3) is 0 Å². The second-order valence-corrected chi connectivity index (χ2v) is 5.00. The Morgan fingerprint density at radius 2 is 1.95 bits per heavy atom. The van der Waals surface area contributed by atoms with Gasteiger partial charge in [0.1, 0.15) is 11.8 Å². The fraction of sp³-hybridized carbons (Fsp3) is 0.400. The van der Waals surface area contributed by atoms with Gasteiger partial charge in [0.2, 0.25) is 0 Å². The number of hydrogen-bond donors (Lipinski definition) is 2. The van der Waals surface area contributed by atoms with E-state index < -0.39 is 17.9 Å². The number of benzene rings is 1. The molecule has 0 aliphatic carbocycles. The lowest BCUT2D eigenvalue weighted by Crippen LogP contribution is -2.46. The van der Waals surface area contributed by atoms with Crippen molar-refractivity contribution in [3.8, 4) is 5.75 Å². The van der Waals surface area contributed by atoms with E-state index in [0.29, 0.717) is 11.3 Å². The van der Waals surface area contributed by atoms with Crippen molar-refractivity contribution in [3.63, 3.8) is 0 Å². The van der Waals surface area contributed by atoms with Crippen molar-refractivity contribution in [1.82, 2.24) is 5.32 Å². The summed E-state index contributed by atoms with van der Waals surface area (Å²) in [5.74, 6) is -1.56. The summed E-state index contributed by atoms with van der Waals surface area (Å²) in [4.78, 5) is 33.9. The Hall–Kier alpha value is -2.37. The van der Waals surface area contributed by atoms with Gasteiger partial charge in [-0.05, 0) is 25.0 Å². The SMILES string of the molecule is CC(=O)c1cccc(OCC(=O)N[C@@H](C(=O)O)C(C)C)c1. The van der Waals surface area contributed by atoms with E-state index in [2.05, 4.69) is 5.32 Å². The van der Waals surface area contributed by atoms with Crippen molar-refractivity contribution in [2.24, 2.45) is 5.92 Å². The molecule has 114 valence electrons. The van der Waals surface area contributed by atoms with E-state index in [4.69, 9.17) is 9.84 Å². The third-order valence-electron chi connectivity index (χ3n) is 2.86. The van der Waals surface area contributed by atoms with Crippen molar-refractivity contribution >= 4 is 17.7 Å². The molecule has 1 aromatic rings. The summed E-state index contributed by atoms with van der Waals surface area (Å²) in [6.45, 7) is 4.54. The van der Waals surface area contributed by atoms with E-state index in [1.54, 1.807) is 32.0 Å². The maximum atomic E-state index is 11.7. The number of Topliss-reactive ketones (excluding diaryl/α,β-unsaturated/α-hetero) is 1. The van der Waals surface area contributed by atoms with Crippen LogP contribution in [0.4, 0.5) is 0 Å². The molecular formula is C15H19NO5. The molecule has 1 aromatic carbocycles. The van der Waals surface area contributed by atoms with Crippen molar-refractivity contribution in [2.45, 2.75) is 26.8 Å². The predicted octanol–water partition coefficient (Wildman–Crippen LogP) is 1.49. The van der Waals surface area contributed by atoms with E-state index in [-0.39, 0.29) is 18.3 Å². The van der Waals surface area contributed by atoms with Crippen molar-refractivity contribution in [1.29, 1.82) is 0 Å². The number of carbonyl (C=O) groups is 3. The first-order valence-electron chi connectivity index (χ1n) is 6.57. The molecule has 0 saturated carbocycles. The Kier molecular flexibility index (Phi) is 5.90. The summed E-state index contributed by atoms with van der Waals surface area (Å²) < 4.78 is 5.26. The number of carbonyl (C=O) groups excluding carboxylic acids is 2. The Labute approximate surface area is 123 Å². The second-order valence-electron chi connectivity index (χ2n) is 5.00. The van der Waals surface area contributed by atoms with Gasteiger partial charge in [0.25, 0.3) is 5.91 Å². The summed E-state index contributed by atoms with van der Waals surface area (Å²) in [5.41, 5.74) is 0.485. The lowest BCUT2D eigenvalue weighted by molar-refractivity contribution is -0.143. The number of amides is 1. The van der Waals surface area contributed by atoms with Crippen LogP contribution in [0.2, 0.25) is 0 Å². The molecule has 0 unspecified atom stereocenters. The van der Waals surface area contributed by atoms with Crippen molar-refractivity contribution in [2.75, 3.05) is 6.61 Å². The number of carboxylic acids is 1. The van der Waals surface area contributed by atoms with Crippen LogP contribution in [0.1, 0.15) is 31.1 Å². The highest BCUT2D eigenvalue weighted by Gasteiger charge is 2.23. The molecule has 0 aromatic heterocycles. The molecule has 0 heterocycles. The minimum atomic E-state index is -1.09. The second kappa shape index (κ2) is 7.42. The van der Waals surface area contributed by atoms with Crippen molar-refractivity contribution in [3.05, 3.63) is 29.8 Å². The lowest BCUT2D eigenvalue weighted by atomic mass is 10.1. The van der Waals surface area contributed by atoms with Gasteiger partial charge in [-0.15, -0.1) is 0 Å². The van der Waals surface area contributed by atoms with E-state index in [9.17, 15) is 14.4 Å². The Morgan fingerprint density at radius 1 is 1.29 bits per heavy atom. The maximum Gasteiger partial charge on any atom is 0.326 e. The standard InChI is InChI=1S/C15H19NO5/c1-9(2)14(15(19)20)16-13(18)8-21-12-6-4-5-11(7-12)10(3)17/h4-7,9,14H,8H2,1-3H3,(H,16,18)(H,19,20)/t14-/m1/s1. The zero-order valence-corrected chi connectivity index (χ0v) is 12.3. The Balaban J connectivity index is 2.58. The van der Waals surface area contributed by atoms with Gasteiger partial charge in [-0.1, -0.05) is 26.0 Å². The van der Waals surface area contributed by atoms with Gasteiger partial charge in [0.15, 0.2) is 12.4 Å². The molecule has 0 fully saturated rings. The molecule has 6 heteroatoms. The number of nitrogens with one attached hydrogen (secondary N) is 1. The quantitative estimate of drug-likeness (QED) is 0.743. The van der Waals surface area contributed by atoms with Gasteiger partial charge in [0, 0.05) is 5.56 Å². The van der Waals surface area contributed by atoms with E-state index in [1.807, 2.05) is 0 Å². The molecule has 0 aliphatic heterocycles. The van der Waals surface area contributed by atoms with Crippen LogP contribution >= 0.6 is 0 Å². The average molecular weight is 293 g/mol. The fourth-order valence-corrected chi connectivity index (χ4v) is 1.68. The van der Waals surface area contributed by atoms with Crippen LogP contribution in [0.3, 0.4) is 0 Å². The summed E-state index contributed by atoms with van der Waals surface area (Å²) in [6, 6.07) is 5.50. The number of rotatable bonds is 7. The van der Waals surface area contributed by atoms with E-state index >= 15 is 0 Å². The molecule has 1 amide bonds. The highest BCUT2D eigenvalue weighted by molar-refractivity contribution is 5.94. The monoisotopic (exact) mass is 293 g/mol. The molecule has 0 spiro atoms. The number of aliphatic carboxylic acids is 1. The highest BCUT2D eigenvalue weighted by Crippen LogP contribution is 2.13. The topological polar surface area (TPSA) is 92.7 Å². The minimum absolute atomic E-state index is 0.101. The summed E-state index contributed by atoms with van der Waals surface area (Å²) in [5, 5.41) is 11.4. The molecule has 2 N–H and O–H groups in total. The van der Waals surface area contributed by atoms with Crippen molar-refractivity contribution < 1.29 is 24.2 Å². The molecule has 0 radical (unpaired) electrons. The van der Waals surface area contributed by atoms with Crippen LogP contribution in [0.15, 0.2) is 24.3 Å². The van der Waals surface area contributed by atoms with Crippen LogP contribution in [0, 0.1) is 5.92 Å². The molecule has 0 bridgehead atoms. The van der Waals surface area contributed by atoms with Gasteiger partial charge in [-0.25, -0.2) is 4.79 Å².